The number of hydrogen-bond acceptors (Lipinski definition) is 4. The molecule has 1 aliphatic heterocycles. The number of carbonyl (C=O) groups is 1. The van der Waals surface area contributed by atoms with Crippen molar-refractivity contribution in [2.24, 2.45) is 0 Å². The summed E-state index contributed by atoms with van der Waals surface area (Å²) in [7, 11) is 0. The Morgan fingerprint density at radius 2 is 1.85 bits per heavy atom. The Kier molecular flexibility index (Phi) is 4.50. The summed E-state index contributed by atoms with van der Waals surface area (Å²) in [5, 5.41) is 0.777. The van der Waals surface area contributed by atoms with Crippen molar-refractivity contribution in [1.82, 2.24) is 14.5 Å². The van der Waals surface area contributed by atoms with E-state index in [9.17, 15) is 9.59 Å². The van der Waals surface area contributed by atoms with E-state index in [4.69, 9.17) is 4.74 Å². The van der Waals surface area contributed by atoms with Crippen LogP contribution in [0.1, 0.15) is 15.9 Å². The van der Waals surface area contributed by atoms with Crippen molar-refractivity contribution >= 4 is 16.9 Å². The lowest BCUT2D eigenvalue weighted by Gasteiger charge is -2.27. The van der Waals surface area contributed by atoms with Crippen molar-refractivity contribution in [2.75, 3.05) is 26.3 Å². The van der Waals surface area contributed by atoms with Gasteiger partial charge in [0.25, 0.3) is 11.5 Å². The van der Waals surface area contributed by atoms with E-state index in [1.807, 2.05) is 42.5 Å². The van der Waals surface area contributed by atoms with Crippen LogP contribution in [0.3, 0.4) is 0 Å². The number of benzene rings is 1. The molecule has 1 saturated heterocycles. The minimum atomic E-state index is -0.309. The van der Waals surface area contributed by atoms with Gasteiger partial charge in [0, 0.05) is 24.7 Å². The Balaban J connectivity index is 1.82. The minimum absolute atomic E-state index is 0.184. The molecule has 1 aromatic carbocycles. The van der Waals surface area contributed by atoms with Gasteiger partial charge < -0.3 is 9.64 Å². The van der Waals surface area contributed by atoms with Gasteiger partial charge in [0.1, 0.15) is 11.2 Å². The first-order valence-corrected chi connectivity index (χ1v) is 8.63. The monoisotopic (exact) mass is 349 g/mol. The molecule has 6 nitrogen and oxygen atoms in total. The van der Waals surface area contributed by atoms with E-state index < -0.39 is 0 Å². The summed E-state index contributed by atoms with van der Waals surface area (Å²) >= 11 is 0. The standard InChI is InChI=1S/C20H19N3O3/c24-19(22-9-11-26-12-10-22)17-13-16-7-4-8-21-18(16)23(20(17)25)14-15-5-2-1-3-6-15/h1-8,13H,9-12,14H2. The molecule has 3 heterocycles. The number of ether oxygens (including phenoxy) is 1. The molecule has 6 heteroatoms. The van der Waals surface area contributed by atoms with Gasteiger partial charge in [-0.15, -0.1) is 0 Å². The zero-order valence-corrected chi connectivity index (χ0v) is 14.3. The van der Waals surface area contributed by atoms with Crippen LogP contribution in [0, 0.1) is 0 Å². The summed E-state index contributed by atoms with van der Waals surface area (Å²) in [5.74, 6) is -0.245. The van der Waals surface area contributed by atoms with E-state index in [1.54, 1.807) is 21.7 Å². The molecule has 0 radical (unpaired) electrons. The highest BCUT2D eigenvalue weighted by atomic mass is 16.5. The van der Waals surface area contributed by atoms with Crippen molar-refractivity contribution in [3.63, 3.8) is 0 Å². The quantitative estimate of drug-likeness (QED) is 0.725. The maximum atomic E-state index is 13.1. The van der Waals surface area contributed by atoms with Crippen LogP contribution in [-0.2, 0) is 11.3 Å². The van der Waals surface area contributed by atoms with Gasteiger partial charge in [-0.25, -0.2) is 4.98 Å². The lowest BCUT2D eigenvalue weighted by atomic mass is 10.1. The number of pyridine rings is 2. The molecule has 0 saturated carbocycles. The number of carbonyl (C=O) groups excluding carboxylic acids is 1. The van der Waals surface area contributed by atoms with Crippen molar-refractivity contribution < 1.29 is 9.53 Å². The van der Waals surface area contributed by atoms with E-state index in [0.717, 1.165) is 10.9 Å². The molecule has 26 heavy (non-hydrogen) atoms. The number of amides is 1. The first-order chi connectivity index (χ1) is 12.7. The van der Waals surface area contributed by atoms with Gasteiger partial charge >= 0.3 is 0 Å². The average molecular weight is 349 g/mol. The average Bonchev–Trinajstić information content (AvgIpc) is 2.71. The third-order valence-electron chi connectivity index (χ3n) is 4.56. The summed E-state index contributed by atoms with van der Waals surface area (Å²) in [4.78, 5) is 32.1. The minimum Gasteiger partial charge on any atom is -0.378 e. The van der Waals surface area contributed by atoms with E-state index in [0.29, 0.717) is 38.5 Å². The van der Waals surface area contributed by atoms with Crippen molar-refractivity contribution in [3.8, 4) is 0 Å². The molecular formula is C20H19N3O3. The molecule has 0 aliphatic carbocycles. The van der Waals surface area contributed by atoms with Gasteiger partial charge in [-0.05, 0) is 23.8 Å². The predicted octanol–water partition coefficient (Wildman–Crippen LogP) is 1.92. The molecule has 1 amide bonds. The number of hydrogen-bond donors (Lipinski definition) is 0. The highest BCUT2D eigenvalue weighted by molar-refractivity contribution is 5.97. The second-order valence-electron chi connectivity index (χ2n) is 6.26. The molecule has 1 fully saturated rings. The zero-order chi connectivity index (χ0) is 17.9. The van der Waals surface area contributed by atoms with Crippen molar-refractivity contribution in [1.29, 1.82) is 0 Å². The summed E-state index contributed by atoms with van der Waals surface area (Å²) < 4.78 is 6.88. The van der Waals surface area contributed by atoms with Crippen LogP contribution < -0.4 is 5.56 Å². The Morgan fingerprint density at radius 1 is 1.08 bits per heavy atom. The van der Waals surface area contributed by atoms with Gasteiger partial charge in [-0.3, -0.25) is 14.2 Å². The SMILES string of the molecule is O=C(c1cc2cccnc2n(Cc2ccccc2)c1=O)N1CCOCC1. The van der Waals surface area contributed by atoms with Gasteiger partial charge in [0.05, 0.1) is 19.8 Å². The van der Waals surface area contributed by atoms with Crippen LogP contribution in [0.5, 0.6) is 0 Å². The summed E-state index contributed by atoms with van der Waals surface area (Å²) in [6.45, 7) is 2.37. The number of nitrogens with zero attached hydrogens (tertiary/aromatic N) is 3. The Hall–Kier alpha value is -2.99. The normalized spacial score (nSPS) is 14.5. The highest BCUT2D eigenvalue weighted by Gasteiger charge is 2.23. The summed E-state index contributed by atoms with van der Waals surface area (Å²) in [6, 6.07) is 15.0. The van der Waals surface area contributed by atoms with Crippen LogP contribution in [0.15, 0.2) is 59.5 Å². The topological polar surface area (TPSA) is 64.4 Å². The maximum Gasteiger partial charge on any atom is 0.265 e. The lowest BCUT2D eigenvalue weighted by molar-refractivity contribution is 0.0301. The summed E-state index contributed by atoms with van der Waals surface area (Å²) in [6.07, 6.45) is 1.66. The zero-order valence-electron chi connectivity index (χ0n) is 14.3. The number of fused-ring (bicyclic) bond motifs is 1. The highest BCUT2D eigenvalue weighted by Crippen LogP contribution is 2.14. The molecule has 132 valence electrons. The third kappa shape index (κ3) is 3.11. The van der Waals surface area contributed by atoms with Crippen LogP contribution in [0.2, 0.25) is 0 Å². The molecular weight excluding hydrogens is 330 g/mol. The van der Waals surface area contributed by atoms with Gasteiger partial charge in [0.15, 0.2) is 0 Å². The van der Waals surface area contributed by atoms with Crippen LogP contribution in [-0.4, -0.2) is 46.7 Å². The van der Waals surface area contributed by atoms with E-state index >= 15 is 0 Å². The Morgan fingerprint density at radius 3 is 2.62 bits per heavy atom. The van der Waals surface area contributed by atoms with Gasteiger partial charge in [0.2, 0.25) is 0 Å². The van der Waals surface area contributed by atoms with Crippen LogP contribution in [0.25, 0.3) is 11.0 Å². The largest absolute Gasteiger partial charge is 0.378 e. The lowest BCUT2D eigenvalue weighted by Crippen LogP contribution is -2.43. The second-order valence-corrected chi connectivity index (χ2v) is 6.26. The molecule has 0 bridgehead atoms. The number of aromatic nitrogens is 2. The molecule has 2 aromatic heterocycles. The fourth-order valence-electron chi connectivity index (χ4n) is 3.21. The van der Waals surface area contributed by atoms with E-state index in [2.05, 4.69) is 4.98 Å². The first kappa shape index (κ1) is 16.5. The molecule has 1 aliphatic rings. The second kappa shape index (κ2) is 7.09. The van der Waals surface area contributed by atoms with Crippen LogP contribution in [0.4, 0.5) is 0 Å². The first-order valence-electron chi connectivity index (χ1n) is 8.63. The molecule has 0 unspecified atom stereocenters. The maximum absolute atomic E-state index is 13.1. The fraction of sp³-hybridized carbons (Fsp3) is 0.250. The Labute approximate surface area is 150 Å². The smallest absolute Gasteiger partial charge is 0.265 e. The van der Waals surface area contributed by atoms with Gasteiger partial charge in [-0.2, -0.15) is 0 Å². The molecule has 3 aromatic rings. The molecule has 0 N–H and O–H groups in total. The predicted molar refractivity (Wildman–Crippen MR) is 98.3 cm³/mol. The molecule has 4 rings (SSSR count). The van der Waals surface area contributed by atoms with Gasteiger partial charge in [-0.1, -0.05) is 30.3 Å². The number of morpholine rings is 1. The fourth-order valence-corrected chi connectivity index (χ4v) is 3.21. The number of rotatable bonds is 3. The molecule has 0 spiro atoms. The van der Waals surface area contributed by atoms with Crippen molar-refractivity contribution in [3.05, 3.63) is 76.2 Å². The van der Waals surface area contributed by atoms with Crippen LogP contribution >= 0.6 is 0 Å². The van der Waals surface area contributed by atoms with E-state index in [1.165, 1.54) is 0 Å². The molecule has 0 atom stereocenters. The van der Waals surface area contributed by atoms with E-state index in [-0.39, 0.29) is 17.0 Å². The summed E-state index contributed by atoms with van der Waals surface area (Å²) in [5.41, 5.74) is 1.44. The third-order valence-corrected chi connectivity index (χ3v) is 4.56. The van der Waals surface area contributed by atoms with Crippen molar-refractivity contribution in [2.45, 2.75) is 6.54 Å². The Bertz CT molecular complexity index is 992.